The molecule has 6 nitrogen and oxygen atoms in total. The molecular formula is C14H18ClN3O3. The van der Waals surface area contributed by atoms with E-state index in [9.17, 15) is 14.9 Å². The molecule has 0 aliphatic carbocycles. The first kappa shape index (κ1) is 15.7. The van der Waals surface area contributed by atoms with E-state index in [-0.39, 0.29) is 28.2 Å². The van der Waals surface area contributed by atoms with Gasteiger partial charge in [-0.1, -0.05) is 11.6 Å². The number of likely N-dealkylation sites (tertiary alicyclic amines) is 1. The molecule has 0 aromatic heterocycles. The zero-order valence-electron chi connectivity index (χ0n) is 11.8. The Hall–Kier alpha value is -1.66. The van der Waals surface area contributed by atoms with Crippen LogP contribution in [-0.2, 0) is 0 Å². The van der Waals surface area contributed by atoms with Gasteiger partial charge >= 0.3 is 0 Å². The van der Waals surface area contributed by atoms with Gasteiger partial charge in [0.25, 0.3) is 11.6 Å². The fraction of sp³-hybridized carbons (Fsp3) is 0.500. The highest BCUT2D eigenvalue weighted by Crippen LogP contribution is 2.25. The van der Waals surface area contributed by atoms with Crippen LogP contribution in [0.5, 0.6) is 0 Å². The molecule has 1 aliphatic rings. The molecule has 1 unspecified atom stereocenters. The summed E-state index contributed by atoms with van der Waals surface area (Å²) < 4.78 is 0. The molecule has 1 heterocycles. The summed E-state index contributed by atoms with van der Waals surface area (Å²) in [4.78, 5) is 24.7. The van der Waals surface area contributed by atoms with E-state index in [1.54, 1.807) is 0 Å². The van der Waals surface area contributed by atoms with Crippen molar-refractivity contribution in [2.45, 2.75) is 25.8 Å². The van der Waals surface area contributed by atoms with Gasteiger partial charge in [-0.25, -0.2) is 0 Å². The number of halogens is 1. The molecule has 0 bridgehead atoms. The number of hydrogen-bond donors (Lipinski definition) is 1. The number of nitrogens with one attached hydrogen (secondary N) is 1. The van der Waals surface area contributed by atoms with Crippen molar-refractivity contribution in [3.8, 4) is 0 Å². The summed E-state index contributed by atoms with van der Waals surface area (Å²) in [7, 11) is 0. The van der Waals surface area contributed by atoms with Crippen molar-refractivity contribution in [2.24, 2.45) is 0 Å². The van der Waals surface area contributed by atoms with Gasteiger partial charge in [-0.15, -0.1) is 0 Å². The number of nitrogens with zero attached hydrogens (tertiary/aromatic N) is 2. The first-order valence-corrected chi connectivity index (χ1v) is 7.32. The number of hydrogen-bond acceptors (Lipinski definition) is 4. The first-order valence-electron chi connectivity index (χ1n) is 6.94. The second kappa shape index (κ2) is 6.87. The van der Waals surface area contributed by atoms with Crippen LogP contribution in [0.4, 0.5) is 5.69 Å². The lowest BCUT2D eigenvalue weighted by Gasteiger charge is -2.21. The Bertz CT molecular complexity index is 544. The molecule has 1 fully saturated rings. The van der Waals surface area contributed by atoms with Gasteiger partial charge in [-0.05, 0) is 45.0 Å². The average molecular weight is 312 g/mol. The number of nitro groups is 1. The minimum absolute atomic E-state index is 0.00895. The van der Waals surface area contributed by atoms with Crippen molar-refractivity contribution in [3.63, 3.8) is 0 Å². The minimum atomic E-state index is -0.591. The lowest BCUT2D eigenvalue weighted by Crippen LogP contribution is -2.41. The Kier molecular flexibility index (Phi) is 5.14. The number of carbonyl (C=O) groups is 1. The molecule has 1 amide bonds. The quantitative estimate of drug-likeness (QED) is 0.669. The molecular weight excluding hydrogens is 294 g/mol. The highest BCUT2D eigenvalue weighted by Gasteiger charge is 2.19. The van der Waals surface area contributed by atoms with Crippen molar-refractivity contribution < 1.29 is 9.72 Å². The molecule has 1 saturated heterocycles. The van der Waals surface area contributed by atoms with Crippen LogP contribution in [0.25, 0.3) is 0 Å². The molecule has 1 aliphatic heterocycles. The standard InChI is InChI=1S/C14H18ClN3O3/c1-10(9-17-6-2-3-7-17)16-14(19)11-4-5-12(15)13(8-11)18(20)21/h4-5,8,10H,2-3,6-7,9H2,1H3,(H,16,19). The molecule has 114 valence electrons. The fourth-order valence-electron chi connectivity index (χ4n) is 2.50. The normalized spacial score (nSPS) is 16.7. The lowest BCUT2D eigenvalue weighted by atomic mass is 10.1. The van der Waals surface area contributed by atoms with Crippen LogP contribution in [0.1, 0.15) is 30.1 Å². The summed E-state index contributed by atoms with van der Waals surface area (Å²) in [6.45, 7) is 4.85. The molecule has 1 aromatic carbocycles. The number of carbonyl (C=O) groups excluding carboxylic acids is 1. The van der Waals surface area contributed by atoms with E-state index in [2.05, 4.69) is 10.2 Å². The van der Waals surface area contributed by atoms with Crippen LogP contribution < -0.4 is 5.32 Å². The second-order valence-corrected chi connectivity index (χ2v) is 5.71. The van der Waals surface area contributed by atoms with Gasteiger partial charge in [0.05, 0.1) is 4.92 Å². The predicted molar refractivity (Wildman–Crippen MR) is 80.7 cm³/mol. The number of benzene rings is 1. The molecule has 1 aromatic rings. The third-order valence-corrected chi connectivity index (χ3v) is 3.83. The monoisotopic (exact) mass is 311 g/mol. The largest absolute Gasteiger partial charge is 0.348 e. The van der Waals surface area contributed by atoms with E-state index in [0.29, 0.717) is 0 Å². The Balaban J connectivity index is 1.99. The van der Waals surface area contributed by atoms with Crippen LogP contribution in [0.3, 0.4) is 0 Å². The predicted octanol–water partition coefficient (Wildman–Crippen LogP) is 2.46. The maximum Gasteiger partial charge on any atom is 0.288 e. The summed E-state index contributed by atoms with van der Waals surface area (Å²) >= 11 is 5.73. The number of rotatable bonds is 5. The van der Waals surface area contributed by atoms with Gasteiger partial charge in [0.15, 0.2) is 0 Å². The summed E-state index contributed by atoms with van der Waals surface area (Å²) in [5.74, 6) is -0.318. The Morgan fingerprint density at radius 3 is 2.76 bits per heavy atom. The maximum absolute atomic E-state index is 12.1. The van der Waals surface area contributed by atoms with Crippen LogP contribution in [0, 0.1) is 10.1 Å². The van der Waals surface area contributed by atoms with Gasteiger partial charge in [-0.3, -0.25) is 14.9 Å². The Morgan fingerprint density at radius 1 is 1.48 bits per heavy atom. The maximum atomic E-state index is 12.1. The van der Waals surface area contributed by atoms with Crippen molar-refractivity contribution >= 4 is 23.2 Å². The summed E-state index contributed by atoms with van der Waals surface area (Å²) in [6, 6.07) is 4.07. The van der Waals surface area contributed by atoms with Gasteiger partial charge < -0.3 is 10.2 Å². The molecule has 0 saturated carbocycles. The van der Waals surface area contributed by atoms with E-state index in [4.69, 9.17) is 11.6 Å². The molecule has 7 heteroatoms. The van der Waals surface area contributed by atoms with Gasteiger partial charge in [0.1, 0.15) is 5.02 Å². The highest BCUT2D eigenvalue weighted by atomic mass is 35.5. The lowest BCUT2D eigenvalue weighted by molar-refractivity contribution is -0.384. The zero-order valence-corrected chi connectivity index (χ0v) is 12.6. The molecule has 0 radical (unpaired) electrons. The Morgan fingerprint density at radius 2 is 2.14 bits per heavy atom. The van der Waals surface area contributed by atoms with Crippen molar-refractivity contribution in [2.75, 3.05) is 19.6 Å². The smallest absolute Gasteiger partial charge is 0.288 e. The number of nitro benzene ring substituents is 1. The van der Waals surface area contributed by atoms with Crippen LogP contribution in [-0.4, -0.2) is 41.4 Å². The SMILES string of the molecule is CC(CN1CCCC1)NC(=O)c1ccc(Cl)c([N+](=O)[O-])c1. The van der Waals surface area contributed by atoms with E-state index in [1.165, 1.54) is 31.0 Å². The third kappa shape index (κ3) is 4.15. The second-order valence-electron chi connectivity index (χ2n) is 5.31. The average Bonchev–Trinajstić information content (AvgIpc) is 2.91. The topological polar surface area (TPSA) is 75.5 Å². The van der Waals surface area contributed by atoms with E-state index in [0.717, 1.165) is 19.6 Å². The highest BCUT2D eigenvalue weighted by molar-refractivity contribution is 6.32. The van der Waals surface area contributed by atoms with Crippen molar-refractivity contribution in [1.82, 2.24) is 10.2 Å². The van der Waals surface area contributed by atoms with Crippen molar-refractivity contribution in [3.05, 3.63) is 38.9 Å². The van der Waals surface area contributed by atoms with E-state index < -0.39 is 4.92 Å². The fourth-order valence-corrected chi connectivity index (χ4v) is 2.69. The number of amides is 1. The zero-order chi connectivity index (χ0) is 15.4. The molecule has 2 rings (SSSR count). The van der Waals surface area contributed by atoms with E-state index in [1.807, 2.05) is 6.92 Å². The first-order chi connectivity index (χ1) is 9.97. The molecule has 1 atom stereocenters. The van der Waals surface area contributed by atoms with Gasteiger partial charge in [-0.2, -0.15) is 0 Å². The van der Waals surface area contributed by atoms with Crippen molar-refractivity contribution in [1.29, 1.82) is 0 Å². The Labute approximate surface area is 128 Å². The van der Waals surface area contributed by atoms with Gasteiger partial charge in [0.2, 0.25) is 0 Å². The summed E-state index contributed by atoms with van der Waals surface area (Å²) in [5.41, 5.74) is -0.00381. The molecule has 0 spiro atoms. The molecule has 21 heavy (non-hydrogen) atoms. The van der Waals surface area contributed by atoms with Crippen LogP contribution in [0.2, 0.25) is 5.02 Å². The van der Waals surface area contributed by atoms with Crippen LogP contribution in [0.15, 0.2) is 18.2 Å². The third-order valence-electron chi connectivity index (χ3n) is 3.51. The summed E-state index contributed by atoms with van der Waals surface area (Å²) in [5, 5.41) is 13.7. The minimum Gasteiger partial charge on any atom is -0.348 e. The van der Waals surface area contributed by atoms with Crippen LogP contribution >= 0.6 is 11.6 Å². The van der Waals surface area contributed by atoms with E-state index >= 15 is 0 Å². The van der Waals surface area contributed by atoms with Gasteiger partial charge in [0, 0.05) is 24.2 Å². The summed E-state index contributed by atoms with van der Waals surface area (Å²) in [6.07, 6.45) is 2.40. The molecule has 1 N–H and O–H groups in total.